The van der Waals surface area contributed by atoms with Gasteiger partial charge in [0.1, 0.15) is 12.4 Å². The summed E-state index contributed by atoms with van der Waals surface area (Å²) in [6, 6.07) is 5.67. The number of hydrogen-bond acceptors (Lipinski definition) is 4. The van der Waals surface area contributed by atoms with Crippen LogP contribution in [0.4, 0.5) is 0 Å². The van der Waals surface area contributed by atoms with Crippen molar-refractivity contribution >= 4 is 11.6 Å². The van der Waals surface area contributed by atoms with Gasteiger partial charge >= 0.3 is 0 Å². The van der Waals surface area contributed by atoms with Crippen LogP contribution in [0.2, 0.25) is 5.02 Å². The molecule has 0 radical (unpaired) electrons. The van der Waals surface area contributed by atoms with Gasteiger partial charge in [0, 0.05) is 37.5 Å². The Morgan fingerprint density at radius 3 is 2.75 bits per heavy atom. The molecule has 20 heavy (non-hydrogen) atoms. The predicted molar refractivity (Wildman–Crippen MR) is 81.6 cm³/mol. The largest absolute Gasteiger partial charge is 0.491 e. The smallest absolute Gasteiger partial charge is 0.124 e. The Balaban J connectivity index is 2.31. The fourth-order valence-electron chi connectivity index (χ4n) is 1.70. The molecule has 0 saturated heterocycles. The normalized spacial score (nSPS) is 10.8. The summed E-state index contributed by atoms with van der Waals surface area (Å²) in [4.78, 5) is 0. The van der Waals surface area contributed by atoms with E-state index in [1.54, 1.807) is 7.11 Å². The molecule has 0 bridgehead atoms. The molecule has 0 aromatic heterocycles. The first-order valence-electron chi connectivity index (χ1n) is 6.96. The number of methoxy groups -OCH3 is 1. The Kier molecular flexibility index (Phi) is 9.41. The first kappa shape index (κ1) is 17.2. The highest BCUT2D eigenvalue weighted by molar-refractivity contribution is 6.30. The Morgan fingerprint density at radius 2 is 2.00 bits per heavy atom. The predicted octanol–water partition coefficient (Wildman–Crippen LogP) is 2.88. The summed E-state index contributed by atoms with van der Waals surface area (Å²) in [5, 5.41) is 4.00. The molecule has 0 aliphatic heterocycles. The van der Waals surface area contributed by atoms with Gasteiger partial charge < -0.3 is 19.5 Å². The van der Waals surface area contributed by atoms with Crippen molar-refractivity contribution in [1.82, 2.24) is 5.32 Å². The van der Waals surface area contributed by atoms with Gasteiger partial charge in [-0.25, -0.2) is 0 Å². The lowest BCUT2D eigenvalue weighted by molar-refractivity contribution is 0.0804. The maximum absolute atomic E-state index is 6.01. The highest BCUT2D eigenvalue weighted by Gasteiger charge is 2.04. The molecule has 0 aliphatic rings. The number of ether oxygens (including phenoxy) is 3. The first-order chi connectivity index (χ1) is 9.77. The molecule has 0 aliphatic carbocycles. The van der Waals surface area contributed by atoms with Crippen molar-refractivity contribution in [2.75, 3.05) is 40.1 Å². The quantitative estimate of drug-likeness (QED) is 0.638. The lowest BCUT2D eigenvalue weighted by Crippen LogP contribution is -2.14. The zero-order valence-corrected chi connectivity index (χ0v) is 13.0. The Hall–Kier alpha value is -0.810. The fourth-order valence-corrected chi connectivity index (χ4v) is 1.90. The molecule has 0 unspecified atom stereocenters. The van der Waals surface area contributed by atoms with Gasteiger partial charge in [-0.15, -0.1) is 0 Å². The van der Waals surface area contributed by atoms with E-state index in [0.717, 1.165) is 42.5 Å². The van der Waals surface area contributed by atoms with Crippen molar-refractivity contribution in [3.63, 3.8) is 0 Å². The lowest BCUT2D eigenvalue weighted by Gasteiger charge is -2.12. The van der Waals surface area contributed by atoms with Crippen LogP contribution in [0.1, 0.15) is 18.9 Å². The van der Waals surface area contributed by atoms with Gasteiger partial charge in [-0.3, -0.25) is 0 Å². The summed E-state index contributed by atoms with van der Waals surface area (Å²) >= 11 is 6.01. The van der Waals surface area contributed by atoms with Gasteiger partial charge in [0.25, 0.3) is 0 Å². The third-order valence-electron chi connectivity index (χ3n) is 2.71. The SMILES string of the molecule is CCNCc1cc(Cl)ccc1OCCOCCCOC. The molecular weight excluding hydrogens is 278 g/mol. The second kappa shape index (κ2) is 10.9. The van der Waals surface area contributed by atoms with Crippen molar-refractivity contribution in [3.8, 4) is 5.75 Å². The summed E-state index contributed by atoms with van der Waals surface area (Å²) < 4.78 is 16.1. The van der Waals surface area contributed by atoms with Crippen LogP contribution in [0, 0.1) is 0 Å². The zero-order valence-electron chi connectivity index (χ0n) is 12.3. The van der Waals surface area contributed by atoms with Crippen LogP contribution < -0.4 is 10.1 Å². The van der Waals surface area contributed by atoms with E-state index < -0.39 is 0 Å². The van der Waals surface area contributed by atoms with Crippen molar-refractivity contribution in [2.24, 2.45) is 0 Å². The van der Waals surface area contributed by atoms with E-state index in [1.165, 1.54) is 0 Å². The van der Waals surface area contributed by atoms with E-state index >= 15 is 0 Å². The second-order valence-electron chi connectivity index (χ2n) is 4.34. The van der Waals surface area contributed by atoms with Gasteiger partial charge in [-0.2, -0.15) is 0 Å². The van der Waals surface area contributed by atoms with Crippen LogP contribution >= 0.6 is 11.6 Å². The van der Waals surface area contributed by atoms with Gasteiger partial charge in [0.05, 0.1) is 6.61 Å². The van der Waals surface area contributed by atoms with Gasteiger partial charge in [0.2, 0.25) is 0 Å². The van der Waals surface area contributed by atoms with E-state index in [2.05, 4.69) is 12.2 Å². The molecule has 1 N–H and O–H groups in total. The molecule has 1 aromatic carbocycles. The van der Waals surface area contributed by atoms with Crippen molar-refractivity contribution < 1.29 is 14.2 Å². The first-order valence-corrected chi connectivity index (χ1v) is 7.34. The Labute approximate surface area is 126 Å². The average Bonchev–Trinajstić information content (AvgIpc) is 2.45. The summed E-state index contributed by atoms with van der Waals surface area (Å²) in [7, 11) is 1.69. The molecule has 0 atom stereocenters. The standard InChI is InChI=1S/C15H24ClNO3/c1-3-17-12-13-11-14(16)5-6-15(13)20-10-9-19-8-4-7-18-2/h5-6,11,17H,3-4,7-10,12H2,1-2H3. The zero-order chi connectivity index (χ0) is 14.6. The fraction of sp³-hybridized carbons (Fsp3) is 0.600. The lowest BCUT2D eigenvalue weighted by atomic mass is 10.2. The number of benzene rings is 1. The maximum atomic E-state index is 6.01. The number of hydrogen-bond donors (Lipinski definition) is 1. The monoisotopic (exact) mass is 301 g/mol. The Morgan fingerprint density at radius 1 is 1.15 bits per heavy atom. The van der Waals surface area contributed by atoms with Crippen LogP contribution in [0.15, 0.2) is 18.2 Å². The van der Waals surface area contributed by atoms with E-state index in [0.29, 0.717) is 19.8 Å². The van der Waals surface area contributed by atoms with E-state index in [1.807, 2.05) is 18.2 Å². The minimum Gasteiger partial charge on any atom is -0.491 e. The van der Waals surface area contributed by atoms with Gasteiger partial charge in [-0.1, -0.05) is 18.5 Å². The van der Waals surface area contributed by atoms with Gasteiger partial charge in [0.15, 0.2) is 0 Å². The molecule has 0 fully saturated rings. The summed E-state index contributed by atoms with van der Waals surface area (Å²) in [5.74, 6) is 0.857. The van der Waals surface area contributed by atoms with Crippen molar-refractivity contribution in [3.05, 3.63) is 28.8 Å². The van der Waals surface area contributed by atoms with Gasteiger partial charge in [-0.05, 0) is 31.2 Å². The molecule has 1 rings (SSSR count). The highest BCUT2D eigenvalue weighted by atomic mass is 35.5. The minimum absolute atomic E-state index is 0.535. The number of nitrogens with one attached hydrogen (secondary N) is 1. The average molecular weight is 302 g/mol. The summed E-state index contributed by atoms with van der Waals surface area (Å²) in [5.41, 5.74) is 1.07. The molecule has 0 amide bonds. The van der Waals surface area contributed by atoms with Crippen LogP contribution in [-0.4, -0.2) is 40.1 Å². The van der Waals surface area contributed by atoms with Crippen molar-refractivity contribution in [2.45, 2.75) is 19.9 Å². The number of halogens is 1. The number of rotatable bonds is 11. The third kappa shape index (κ3) is 7.10. The van der Waals surface area contributed by atoms with E-state index in [9.17, 15) is 0 Å². The topological polar surface area (TPSA) is 39.7 Å². The molecular formula is C15H24ClNO3. The maximum Gasteiger partial charge on any atom is 0.124 e. The van der Waals surface area contributed by atoms with Crippen LogP contribution in [0.25, 0.3) is 0 Å². The second-order valence-corrected chi connectivity index (χ2v) is 4.78. The summed E-state index contributed by atoms with van der Waals surface area (Å²) in [6.07, 6.45) is 0.906. The van der Waals surface area contributed by atoms with Crippen LogP contribution in [0.5, 0.6) is 5.75 Å². The third-order valence-corrected chi connectivity index (χ3v) is 2.95. The van der Waals surface area contributed by atoms with E-state index in [-0.39, 0.29) is 0 Å². The molecule has 0 spiro atoms. The van der Waals surface area contributed by atoms with Crippen LogP contribution in [0.3, 0.4) is 0 Å². The molecule has 5 heteroatoms. The Bertz CT molecular complexity index is 374. The molecule has 4 nitrogen and oxygen atoms in total. The van der Waals surface area contributed by atoms with E-state index in [4.69, 9.17) is 25.8 Å². The highest BCUT2D eigenvalue weighted by Crippen LogP contribution is 2.22. The van der Waals surface area contributed by atoms with Crippen molar-refractivity contribution in [1.29, 1.82) is 0 Å². The summed E-state index contributed by atoms with van der Waals surface area (Å²) in [6.45, 7) is 6.27. The molecule has 114 valence electrons. The molecule has 1 aromatic rings. The molecule has 0 saturated carbocycles. The van der Waals surface area contributed by atoms with Crippen LogP contribution in [-0.2, 0) is 16.0 Å². The minimum atomic E-state index is 0.535. The molecule has 0 heterocycles.